The predicted molar refractivity (Wildman–Crippen MR) is 110 cm³/mol. The first-order valence-corrected chi connectivity index (χ1v) is 9.93. The summed E-state index contributed by atoms with van der Waals surface area (Å²) in [4.78, 5) is 26.7. The second-order valence-corrected chi connectivity index (χ2v) is 7.70. The number of para-hydroxylation sites is 1. The molecule has 0 aliphatic carbocycles. The molecule has 6 heteroatoms. The zero-order valence-corrected chi connectivity index (χ0v) is 16.7. The van der Waals surface area contributed by atoms with Gasteiger partial charge in [-0.15, -0.1) is 0 Å². The lowest BCUT2D eigenvalue weighted by Crippen LogP contribution is -2.27. The van der Waals surface area contributed by atoms with Gasteiger partial charge in [-0.3, -0.25) is 14.5 Å². The van der Waals surface area contributed by atoms with E-state index in [1.165, 1.54) is 4.90 Å². The molecular formula is C21H20ClNO3S. The molecule has 2 aromatic rings. The lowest BCUT2D eigenvalue weighted by molar-refractivity contribution is -0.123. The van der Waals surface area contributed by atoms with Crippen molar-refractivity contribution in [3.8, 4) is 5.75 Å². The molecule has 0 N–H and O–H groups in total. The molecule has 1 fully saturated rings. The molecule has 1 heterocycles. The molecule has 1 atom stereocenters. The van der Waals surface area contributed by atoms with E-state index in [2.05, 4.69) is 6.92 Å². The second kappa shape index (κ2) is 8.63. The highest BCUT2D eigenvalue weighted by Gasteiger charge is 2.35. The Morgan fingerprint density at radius 3 is 2.56 bits per heavy atom. The van der Waals surface area contributed by atoms with Crippen LogP contribution in [0, 0.1) is 0 Å². The molecule has 0 unspecified atom stereocenters. The maximum absolute atomic E-state index is 12.7. The molecule has 2 amide bonds. The fourth-order valence-electron chi connectivity index (χ4n) is 2.56. The van der Waals surface area contributed by atoms with E-state index in [0.717, 1.165) is 29.3 Å². The van der Waals surface area contributed by atoms with Crippen molar-refractivity contribution in [2.24, 2.45) is 0 Å². The van der Waals surface area contributed by atoms with Crippen LogP contribution >= 0.6 is 23.4 Å². The molecular weight excluding hydrogens is 382 g/mol. The van der Waals surface area contributed by atoms with Crippen LogP contribution in [0.15, 0.2) is 53.4 Å². The van der Waals surface area contributed by atoms with Crippen LogP contribution < -0.4 is 4.74 Å². The Balaban J connectivity index is 1.81. The summed E-state index contributed by atoms with van der Waals surface area (Å²) in [5.74, 6) is 0.412. The average Bonchev–Trinajstić information content (AvgIpc) is 2.92. The molecule has 0 aromatic heterocycles. The van der Waals surface area contributed by atoms with E-state index in [-0.39, 0.29) is 23.8 Å². The van der Waals surface area contributed by atoms with E-state index >= 15 is 0 Å². The SMILES string of the molecule is CC[C@H](C)Oc1ccccc1/C=C1/SC(=O)N(Cc2ccc(Cl)cc2)C1=O. The molecule has 2 aromatic carbocycles. The monoisotopic (exact) mass is 401 g/mol. The largest absolute Gasteiger partial charge is 0.490 e. The number of amides is 2. The third-order valence-electron chi connectivity index (χ3n) is 4.24. The van der Waals surface area contributed by atoms with Gasteiger partial charge in [0.05, 0.1) is 17.6 Å². The lowest BCUT2D eigenvalue weighted by Gasteiger charge is -2.15. The highest BCUT2D eigenvalue weighted by Crippen LogP contribution is 2.35. The minimum absolute atomic E-state index is 0.0690. The molecule has 4 nitrogen and oxygen atoms in total. The van der Waals surface area contributed by atoms with Gasteiger partial charge in [0.15, 0.2) is 0 Å². The summed E-state index contributed by atoms with van der Waals surface area (Å²) in [5, 5.41) is 0.340. The molecule has 140 valence electrons. The molecule has 1 saturated heterocycles. The maximum Gasteiger partial charge on any atom is 0.293 e. The Labute approximate surface area is 168 Å². The lowest BCUT2D eigenvalue weighted by atomic mass is 10.1. The fourth-order valence-corrected chi connectivity index (χ4v) is 3.51. The Kier molecular flexibility index (Phi) is 6.24. The highest BCUT2D eigenvalue weighted by molar-refractivity contribution is 8.18. The second-order valence-electron chi connectivity index (χ2n) is 6.27. The summed E-state index contributed by atoms with van der Waals surface area (Å²) >= 11 is 6.84. The molecule has 0 radical (unpaired) electrons. The Bertz CT molecular complexity index is 879. The summed E-state index contributed by atoms with van der Waals surface area (Å²) in [5.41, 5.74) is 1.64. The summed E-state index contributed by atoms with van der Waals surface area (Å²) in [6.45, 7) is 4.27. The van der Waals surface area contributed by atoms with E-state index < -0.39 is 0 Å². The zero-order valence-electron chi connectivity index (χ0n) is 15.1. The first-order chi connectivity index (χ1) is 13.0. The highest BCUT2D eigenvalue weighted by atomic mass is 35.5. The molecule has 3 rings (SSSR count). The fraction of sp³-hybridized carbons (Fsp3) is 0.238. The number of carbonyl (C=O) groups excluding carboxylic acids is 2. The van der Waals surface area contributed by atoms with Crippen molar-refractivity contribution in [2.75, 3.05) is 0 Å². The van der Waals surface area contributed by atoms with Gasteiger partial charge in [0.2, 0.25) is 0 Å². The zero-order chi connectivity index (χ0) is 19.4. The molecule has 0 spiro atoms. The minimum atomic E-state index is -0.293. The number of imide groups is 1. The average molecular weight is 402 g/mol. The number of ether oxygens (including phenoxy) is 1. The van der Waals surface area contributed by atoms with E-state index in [1.54, 1.807) is 18.2 Å². The standard InChI is InChI=1S/C21H20ClNO3S/c1-3-14(2)26-18-7-5-4-6-16(18)12-19-20(24)23(21(25)27-19)13-15-8-10-17(22)11-9-15/h4-12,14H,3,13H2,1-2H3/b19-12+/t14-/m0/s1. The van der Waals surface area contributed by atoms with Gasteiger partial charge < -0.3 is 4.74 Å². The third-order valence-corrected chi connectivity index (χ3v) is 5.40. The minimum Gasteiger partial charge on any atom is -0.490 e. The van der Waals surface area contributed by atoms with Crippen molar-refractivity contribution >= 4 is 40.6 Å². The third kappa shape index (κ3) is 4.73. The normalized spacial score (nSPS) is 16.9. The van der Waals surface area contributed by atoms with Gasteiger partial charge in [-0.25, -0.2) is 0 Å². The quantitative estimate of drug-likeness (QED) is 0.578. The number of rotatable bonds is 6. The van der Waals surface area contributed by atoms with Gasteiger partial charge in [-0.1, -0.05) is 48.9 Å². The number of benzene rings is 2. The van der Waals surface area contributed by atoms with Crippen LogP contribution in [0.25, 0.3) is 6.08 Å². The first kappa shape index (κ1) is 19.5. The van der Waals surface area contributed by atoms with E-state index in [9.17, 15) is 9.59 Å². The van der Waals surface area contributed by atoms with Gasteiger partial charge in [0.1, 0.15) is 5.75 Å². The molecule has 27 heavy (non-hydrogen) atoms. The number of halogens is 1. The topological polar surface area (TPSA) is 46.6 Å². The van der Waals surface area contributed by atoms with Gasteiger partial charge >= 0.3 is 0 Å². The Morgan fingerprint density at radius 2 is 1.85 bits per heavy atom. The van der Waals surface area contributed by atoms with Crippen LogP contribution in [0.1, 0.15) is 31.4 Å². The number of thioether (sulfide) groups is 1. The molecule has 1 aliphatic rings. The van der Waals surface area contributed by atoms with Crippen LogP contribution in [0.2, 0.25) is 5.02 Å². The van der Waals surface area contributed by atoms with Crippen LogP contribution in [-0.4, -0.2) is 22.2 Å². The van der Waals surface area contributed by atoms with E-state index in [4.69, 9.17) is 16.3 Å². The molecule has 0 bridgehead atoms. The summed E-state index contributed by atoms with van der Waals surface area (Å²) < 4.78 is 5.92. The smallest absolute Gasteiger partial charge is 0.293 e. The van der Waals surface area contributed by atoms with Crippen molar-refractivity contribution in [3.63, 3.8) is 0 Å². The van der Waals surface area contributed by atoms with Crippen LogP contribution in [0.5, 0.6) is 5.75 Å². The maximum atomic E-state index is 12.7. The number of hydrogen-bond donors (Lipinski definition) is 0. The Hall–Kier alpha value is -2.24. The first-order valence-electron chi connectivity index (χ1n) is 8.73. The number of carbonyl (C=O) groups is 2. The van der Waals surface area contributed by atoms with Crippen molar-refractivity contribution in [3.05, 3.63) is 69.6 Å². The Morgan fingerprint density at radius 1 is 1.15 bits per heavy atom. The van der Waals surface area contributed by atoms with Crippen molar-refractivity contribution in [2.45, 2.75) is 32.9 Å². The summed E-state index contributed by atoms with van der Waals surface area (Å²) in [6.07, 6.45) is 2.68. The van der Waals surface area contributed by atoms with E-state index in [1.807, 2.05) is 43.3 Å². The van der Waals surface area contributed by atoms with Gasteiger partial charge in [0.25, 0.3) is 11.1 Å². The van der Waals surface area contributed by atoms with Crippen molar-refractivity contribution in [1.82, 2.24) is 4.90 Å². The van der Waals surface area contributed by atoms with Crippen molar-refractivity contribution in [1.29, 1.82) is 0 Å². The molecule has 1 aliphatic heterocycles. The van der Waals surface area contributed by atoms with Gasteiger partial charge in [-0.05, 0) is 54.9 Å². The number of nitrogens with zero attached hydrogens (tertiary/aromatic N) is 1. The van der Waals surface area contributed by atoms with Crippen LogP contribution in [-0.2, 0) is 11.3 Å². The van der Waals surface area contributed by atoms with Crippen LogP contribution in [0.3, 0.4) is 0 Å². The summed E-state index contributed by atoms with van der Waals surface area (Å²) in [7, 11) is 0. The predicted octanol–water partition coefficient (Wildman–Crippen LogP) is 5.75. The number of hydrogen-bond acceptors (Lipinski definition) is 4. The molecule has 0 saturated carbocycles. The van der Waals surface area contributed by atoms with Crippen LogP contribution in [0.4, 0.5) is 4.79 Å². The summed E-state index contributed by atoms with van der Waals surface area (Å²) in [6, 6.07) is 14.6. The van der Waals surface area contributed by atoms with Crippen molar-refractivity contribution < 1.29 is 14.3 Å². The van der Waals surface area contributed by atoms with Gasteiger partial charge in [0, 0.05) is 10.6 Å². The van der Waals surface area contributed by atoms with Gasteiger partial charge in [-0.2, -0.15) is 0 Å². The van der Waals surface area contributed by atoms with E-state index in [0.29, 0.717) is 15.7 Å².